The van der Waals surface area contributed by atoms with E-state index in [4.69, 9.17) is 9.05 Å². The van der Waals surface area contributed by atoms with Crippen LogP contribution in [0, 0.1) is 5.92 Å². The van der Waals surface area contributed by atoms with Crippen LogP contribution in [-0.4, -0.2) is 24.2 Å². The van der Waals surface area contributed by atoms with Gasteiger partial charge >= 0.3 is 7.60 Å². The van der Waals surface area contributed by atoms with Crippen LogP contribution in [0.25, 0.3) is 6.08 Å². The van der Waals surface area contributed by atoms with E-state index < -0.39 is 12.8 Å². The first-order valence-corrected chi connectivity index (χ1v) is 10.7. The summed E-state index contributed by atoms with van der Waals surface area (Å²) in [5.74, 6) is 0.325. The second-order valence-electron chi connectivity index (χ2n) is 6.65. The zero-order valence-electron chi connectivity index (χ0n) is 15.4. The van der Waals surface area contributed by atoms with E-state index in [-0.39, 0.29) is 19.0 Å². The highest BCUT2D eigenvalue weighted by molar-refractivity contribution is 7.56. The number of carbonyl (C=O) groups is 1. The summed E-state index contributed by atoms with van der Waals surface area (Å²) in [5.41, 5.74) is 1.05. The van der Waals surface area contributed by atoms with Crippen LogP contribution < -0.4 is 0 Å². The lowest BCUT2D eigenvalue weighted by atomic mass is 9.79. The minimum Gasteiger partial charge on any atom is -0.308 e. The molecule has 0 amide bonds. The molecule has 1 saturated carbocycles. The third kappa shape index (κ3) is 4.49. The van der Waals surface area contributed by atoms with Crippen molar-refractivity contribution in [3.8, 4) is 0 Å². The summed E-state index contributed by atoms with van der Waals surface area (Å²) in [7, 11) is -3.54. The second kappa shape index (κ2) is 8.93. The van der Waals surface area contributed by atoms with Gasteiger partial charge in [0.2, 0.25) is 0 Å². The van der Waals surface area contributed by atoms with Crippen LogP contribution in [0.15, 0.2) is 36.4 Å². The van der Waals surface area contributed by atoms with Gasteiger partial charge in [0.25, 0.3) is 0 Å². The molecular weight excluding hydrogens is 335 g/mol. The topological polar surface area (TPSA) is 52.6 Å². The molecule has 0 saturated heterocycles. The fourth-order valence-electron chi connectivity index (χ4n) is 3.55. The Bertz CT molecular complexity index is 630. The zero-order valence-corrected chi connectivity index (χ0v) is 16.3. The number of hydrogen-bond acceptors (Lipinski definition) is 4. The molecule has 4 nitrogen and oxygen atoms in total. The summed E-state index contributed by atoms with van der Waals surface area (Å²) in [5, 5.41) is -1.07. The van der Waals surface area contributed by atoms with Crippen molar-refractivity contribution in [3.63, 3.8) is 0 Å². The fourth-order valence-corrected chi connectivity index (χ4v) is 6.08. The summed E-state index contributed by atoms with van der Waals surface area (Å²) in [4.78, 5) is 12.9. The van der Waals surface area contributed by atoms with E-state index >= 15 is 0 Å². The molecule has 1 aromatic carbocycles. The van der Waals surface area contributed by atoms with Crippen molar-refractivity contribution in [2.45, 2.75) is 51.6 Å². The van der Waals surface area contributed by atoms with Gasteiger partial charge in [-0.15, -0.1) is 0 Å². The summed E-state index contributed by atoms with van der Waals surface area (Å²) in [6.07, 6.45) is 6.10. The Morgan fingerprint density at radius 1 is 1.20 bits per heavy atom. The lowest BCUT2D eigenvalue weighted by Crippen LogP contribution is -2.44. The van der Waals surface area contributed by atoms with Gasteiger partial charge in [-0.1, -0.05) is 49.4 Å². The van der Waals surface area contributed by atoms with Gasteiger partial charge in [0, 0.05) is 6.42 Å². The summed E-state index contributed by atoms with van der Waals surface area (Å²) >= 11 is 0. The average molecular weight is 364 g/mol. The highest BCUT2D eigenvalue weighted by Crippen LogP contribution is 2.66. The number of rotatable bonds is 8. The maximum absolute atomic E-state index is 13.6. The number of hydrogen-bond donors (Lipinski definition) is 0. The van der Waals surface area contributed by atoms with E-state index in [1.165, 1.54) is 0 Å². The Kier molecular flexibility index (Phi) is 7.18. The molecule has 1 fully saturated rings. The van der Waals surface area contributed by atoms with Gasteiger partial charge in [-0.2, -0.15) is 0 Å². The normalized spacial score (nSPS) is 24.8. The van der Waals surface area contributed by atoms with Gasteiger partial charge in [-0.05, 0) is 44.6 Å². The Morgan fingerprint density at radius 3 is 2.44 bits per heavy atom. The predicted molar refractivity (Wildman–Crippen MR) is 102 cm³/mol. The number of allylic oxidation sites excluding steroid dienone is 1. The summed E-state index contributed by atoms with van der Waals surface area (Å²) in [6, 6.07) is 9.89. The van der Waals surface area contributed by atoms with Crippen LogP contribution >= 0.6 is 7.60 Å². The van der Waals surface area contributed by atoms with E-state index in [0.717, 1.165) is 12.0 Å². The Balaban J connectivity index is 2.36. The van der Waals surface area contributed by atoms with Crippen LogP contribution in [-0.2, 0) is 18.4 Å². The first-order valence-electron chi connectivity index (χ1n) is 9.11. The molecule has 1 aromatic rings. The monoisotopic (exact) mass is 364 g/mol. The Labute approximate surface area is 151 Å². The molecule has 2 unspecified atom stereocenters. The largest absolute Gasteiger partial charge is 0.344 e. The van der Waals surface area contributed by atoms with Gasteiger partial charge in [-0.25, -0.2) is 0 Å². The number of benzene rings is 1. The van der Waals surface area contributed by atoms with Crippen LogP contribution in [0.4, 0.5) is 0 Å². The predicted octanol–water partition coefficient (Wildman–Crippen LogP) is 5.48. The van der Waals surface area contributed by atoms with Crippen LogP contribution in [0.3, 0.4) is 0 Å². The lowest BCUT2D eigenvalue weighted by molar-refractivity contribution is -0.124. The van der Waals surface area contributed by atoms with Gasteiger partial charge in [0.1, 0.15) is 5.16 Å². The van der Waals surface area contributed by atoms with Crippen molar-refractivity contribution in [3.05, 3.63) is 42.0 Å². The van der Waals surface area contributed by atoms with Crippen molar-refractivity contribution in [2.24, 2.45) is 5.92 Å². The molecule has 0 spiro atoms. The van der Waals surface area contributed by atoms with Crippen molar-refractivity contribution in [1.82, 2.24) is 0 Å². The first-order chi connectivity index (χ1) is 12.0. The number of ketones is 1. The molecule has 2 rings (SSSR count). The summed E-state index contributed by atoms with van der Waals surface area (Å²) < 4.78 is 24.8. The van der Waals surface area contributed by atoms with Gasteiger partial charge in [0.15, 0.2) is 5.78 Å². The van der Waals surface area contributed by atoms with Gasteiger partial charge < -0.3 is 9.05 Å². The van der Waals surface area contributed by atoms with E-state index in [2.05, 4.69) is 6.92 Å². The number of Topliss-reactive ketones (excluding diaryl/α,β-unsaturated/α-hetero) is 1. The molecule has 2 atom stereocenters. The quantitative estimate of drug-likeness (QED) is 0.573. The molecule has 0 aromatic heterocycles. The molecule has 0 heterocycles. The smallest absolute Gasteiger partial charge is 0.308 e. The molecule has 5 heteroatoms. The highest BCUT2D eigenvalue weighted by Gasteiger charge is 2.57. The van der Waals surface area contributed by atoms with Crippen molar-refractivity contribution in [2.75, 3.05) is 13.2 Å². The maximum Gasteiger partial charge on any atom is 0.344 e. The fraction of sp³-hybridized carbons (Fsp3) is 0.550. The van der Waals surface area contributed by atoms with Gasteiger partial charge in [0.05, 0.1) is 13.2 Å². The van der Waals surface area contributed by atoms with Crippen LogP contribution in [0.5, 0.6) is 0 Å². The van der Waals surface area contributed by atoms with Crippen LogP contribution in [0.2, 0.25) is 0 Å². The van der Waals surface area contributed by atoms with E-state index in [0.29, 0.717) is 25.2 Å². The minimum absolute atomic E-state index is 0.00791. The molecule has 1 aliphatic rings. The molecule has 138 valence electrons. The standard InChI is InChI=1S/C20H29O4P/c1-4-23-25(22,24-5-2)20(16-17(3)13-14-19(20)21)15-9-12-18-10-7-6-8-11-18/h6-12,17H,4-5,13-16H2,1-3H3/b12-9+. The Hall–Kier alpha value is -1.22. The van der Waals surface area contributed by atoms with Gasteiger partial charge in [-0.3, -0.25) is 9.36 Å². The third-order valence-corrected chi connectivity index (χ3v) is 7.62. The van der Waals surface area contributed by atoms with E-state index in [1.54, 1.807) is 13.8 Å². The van der Waals surface area contributed by atoms with Crippen LogP contribution in [0.1, 0.15) is 52.0 Å². The molecule has 0 aliphatic heterocycles. The lowest BCUT2D eigenvalue weighted by Gasteiger charge is -2.41. The maximum atomic E-state index is 13.6. The molecule has 0 N–H and O–H groups in total. The molecule has 25 heavy (non-hydrogen) atoms. The summed E-state index contributed by atoms with van der Waals surface area (Å²) in [6.45, 7) is 6.21. The molecule has 1 aliphatic carbocycles. The van der Waals surface area contributed by atoms with Crippen molar-refractivity contribution < 1.29 is 18.4 Å². The SMILES string of the molecule is CCOP(=O)(OCC)C1(C/C=C/c2ccccc2)CC(C)CCC1=O. The molecular formula is C20H29O4P. The zero-order chi connectivity index (χ0) is 18.3. The average Bonchev–Trinajstić information content (AvgIpc) is 2.59. The molecule has 0 radical (unpaired) electrons. The highest BCUT2D eigenvalue weighted by atomic mass is 31.2. The second-order valence-corrected chi connectivity index (χ2v) is 9.02. The Morgan fingerprint density at radius 2 is 1.84 bits per heavy atom. The van der Waals surface area contributed by atoms with E-state index in [9.17, 15) is 9.36 Å². The van der Waals surface area contributed by atoms with Crippen molar-refractivity contribution >= 4 is 19.5 Å². The molecule has 0 bridgehead atoms. The third-order valence-electron chi connectivity index (χ3n) is 4.76. The number of carbonyl (C=O) groups excluding carboxylic acids is 1. The van der Waals surface area contributed by atoms with Crippen molar-refractivity contribution in [1.29, 1.82) is 0 Å². The van der Waals surface area contributed by atoms with E-state index in [1.807, 2.05) is 42.5 Å². The first kappa shape index (κ1) is 20.1. The minimum atomic E-state index is -3.54.